The number of thioether (sulfide) groups is 1. The standard InChI is InChI=1S/C20H15ClN4O4S/c1-10(26)24-14-6-4-3-5-11(14)17-18(27)22-20(30-2)23-25(17)19(24)12-7-15-16(8-13(12)21)29-9-28-15/h3-8,19H,9H2,1-2H3/p+1/t19-/m0/s1. The van der Waals surface area contributed by atoms with Crippen molar-refractivity contribution in [2.24, 2.45) is 0 Å². The largest absolute Gasteiger partial charge is 0.454 e. The number of aromatic nitrogens is 3. The van der Waals surface area contributed by atoms with Gasteiger partial charge in [-0.05, 0) is 29.1 Å². The number of anilines is 1. The average molecular weight is 444 g/mol. The molecule has 2 aliphatic rings. The molecule has 152 valence electrons. The van der Waals surface area contributed by atoms with Crippen molar-refractivity contribution in [3.8, 4) is 22.8 Å². The average Bonchev–Trinajstić information content (AvgIpc) is 3.18. The van der Waals surface area contributed by atoms with Gasteiger partial charge in [0.15, 0.2) is 11.5 Å². The smallest absolute Gasteiger partial charge is 0.325 e. The van der Waals surface area contributed by atoms with Gasteiger partial charge < -0.3 is 9.47 Å². The Kier molecular flexibility index (Phi) is 4.44. The van der Waals surface area contributed by atoms with E-state index in [9.17, 15) is 9.59 Å². The van der Waals surface area contributed by atoms with Crippen molar-refractivity contribution in [3.05, 3.63) is 57.3 Å². The highest BCUT2D eigenvalue weighted by Crippen LogP contribution is 2.43. The van der Waals surface area contributed by atoms with E-state index in [0.29, 0.717) is 44.2 Å². The molecule has 0 saturated carbocycles. The first-order valence-corrected chi connectivity index (χ1v) is 10.7. The highest BCUT2D eigenvalue weighted by Gasteiger charge is 2.46. The maximum Gasteiger partial charge on any atom is 0.325 e. The number of carbonyl (C=O) groups excluding carboxylic acids is 1. The number of nitrogens with zero attached hydrogens (tertiary/aromatic N) is 3. The molecule has 1 N–H and O–H groups in total. The van der Waals surface area contributed by atoms with Gasteiger partial charge in [-0.15, -0.1) is 0 Å². The van der Waals surface area contributed by atoms with Crippen molar-refractivity contribution < 1.29 is 19.0 Å². The fourth-order valence-corrected chi connectivity index (χ4v) is 4.43. The lowest BCUT2D eigenvalue weighted by Gasteiger charge is -2.31. The van der Waals surface area contributed by atoms with Crippen LogP contribution in [0, 0.1) is 0 Å². The first-order valence-electron chi connectivity index (χ1n) is 9.08. The molecule has 0 saturated heterocycles. The maximum absolute atomic E-state index is 13.0. The van der Waals surface area contributed by atoms with E-state index in [1.807, 2.05) is 18.4 Å². The Hall–Kier alpha value is -3.04. The van der Waals surface area contributed by atoms with Crippen LogP contribution in [0.25, 0.3) is 11.3 Å². The van der Waals surface area contributed by atoms with Gasteiger partial charge in [0.2, 0.25) is 17.9 Å². The Labute approximate surface area is 180 Å². The van der Waals surface area contributed by atoms with Gasteiger partial charge in [-0.2, -0.15) is 0 Å². The fourth-order valence-electron chi connectivity index (χ4n) is 3.82. The summed E-state index contributed by atoms with van der Waals surface area (Å²) in [5.41, 5.74) is 1.84. The van der Waals surface area contributed by atoms with Gasteiger partial charge in [-0.3, -0.25) is 14.6 Å². The summed E-state index contributed by atoms with van der Waals surface area (Å²) in [7, 11) is 0. The Morgan fingerprint density at radius 3 is 2.77 bits per heavy atom. The lowest BCUT2D eigenvalue weighted by molar-refractivity contribution is -0.763. The first kappa shape index (κ1) is 19.0. The molecule has 8 nitrogen and oxygen atoms in total. The van der Waals surface area contributed by atoms with Crippen molar-refractivity contribution in [3.63, 3.8) is 0 Å². The second-order valence-corrected chi connectivity index (χ2v) is 7.97. The van der Waals surface area contributed by atoms with Gasteiger partial charge in [0, 0.05) is 18.1 Å². The van der Waals surface area contributed by atoms with Crippen molar-refractivity contribution in [2.45, 2.75) is 18.2 Å². The molecule has 1 atom stereocenters. The predicted octanol–water partition coefficient (Wildman–Crippen LogP) is 2.74. The molecule has 2 aromatic carbocycles. The number of hydrogen-bond donors (Lipinski definition) is 1. The molecule has 3 heterocycles. The van der Waals surface area contributed by atoms with Crippen molar-refractivity contribution >= 4 is 35.0 Å². The molecule has 2 aliphatic heterocycles. The van der Waals surface area contributed by atoms with Crippen molar-refractivity contribution in [1.29, 1.82) is 0 Å². The monoisotopic (exact) mass is 443 g/mol. The summed E-state index contributed by atoms with van der Waals surface area (Å²) in [6.45, 7) is 1.57. The summed E-state index contributed by atoms with van der Waals surface area (Å²) in [4.78, 5) is 30.2. The molecule has 0 spiro atoms. The predicted molar refractivity (Wildman–Crippen MR) is 111 cm³/mol. The molecule has 0 radical (unpaired) electrons. The van der Waals surface area contributed by atoms with Gasteiger partial charge in [-0.25, -0.2) is 4.90 Å². The zero-order valence-corrected chi connectivity index (χ0v) is 17.6. The van der Waals surface area contributed by atoms with Crippen LogP contribution in [-0.2, 0) is 4.79 Å². The molecule has 30 heavy (non-hydrogen) atoms. The number of hydrogen-bond acceptors (Lipinski definition) is 6. The number of carbonyl (C=O) groups is 1. The molecule has 10 heteroatoms. The molecule has 0 aliphatic carbocycles. The topological polar surface area (TPSA) is 88.4 Å². The highest BCUT2D eigenvalue weighted by molar-refractivity contribution is 7.98. The SMILES string of the molecule is CSc1n[n+]2c(c(=O)[nH]1)-c1ccccc1N(C(C)=O)[C@@H]2c1cc2c(cc1Cl)OCO2. The highest BCUT2D eigenvalue weighted by atomic mass is 35.5. The van der Waals surface area contributed by atoms with Crippen molar-refractivity contribution in [1.82, 2.24) is 10.1 Å². The van der Waals surface area contributed by atoms with Crippen LogP contribution in [-0.4, -0.2) is 29.0 Å². The van der Waals surface area contributed by atoms with Gasteiger partial charge in [0.1, 0.15) is 0 Å². The van der Waals surface area contributed by atoms with E-state index in [2.05, 4.69) is 10.1 Å². The molecule has 0 bridgehead atoms. The van der Waals surface area contributed by atoms with Crippen LogP contribution in [0.2, 0.25) is 5.02 Å². The Balaban J connectivity index is 1.86. The summed E-state index contributed by atoms with van der Waals surface area (Å²) in [6, 6.07) is 10.6. The van der Waals surface area contributed by atoms with E-state index in [-0.39, 0.29) is 18.3 Å². The van der Waals surface area contributed by atoms with Crippen LogP contribution in [0.15, 0.2) is 46.3 Å². The molecule has 1 amide bonds. The van der Waals surface area contributed by atoms with E-state index in [1.165, 1.54) is 18.7 Å². The molecule has 5 rings (SSSR count). The Morgan fingerprint density at radius 1 is 1.30 bits per heavy atom. The fraction of sp³-hybridized carbons (Fsp3) is 0.200. The number of amides is 1. The van der Waals surface area contributed by atoms with Crippen molar-refractivity contribution in [2.75, 3.05) is 17.9 Å². The number of H-pyrrole nitrogens is 1. The second-order valence-electron chi connectivity index (χ2n) is 6.76. The minimum absolute atomic E-state index is 0.0946. The zero-order valence-electron chi connectivity index (χ0n) is 16.0. The van der Waals surface area contributed by atoms with Gasteiger partial charge in [0.25, 0.3) is 6.17 Å². The number of para-hydroxylation sites is 1. The first-order chi connectivity index (χ1) is 14.5. The third-order valence-electron chi connectivity index (χ3n) is 5.06. The van der Waals surface area contributed by atoms with Crippen LogP contribution in [0.1, 0.15) is 18.7 Å². The summed E-state index contributed by atoms with van der Waals surface area (Å²) in [5, 5.41) is 5.42. The lowest BCUT2D eigenvalue weighted by Crippen LogP contribution is -2.60. The van der Waals surface area contributed by atoms with E-state index >= 15 is 0 Å². The number of halogens is 1. The third kappa shape index (κ3) is 2.77. The van der Waals surface area contributed by atoms with Gasteiger partial charge in [0.05, 0.1) is 21.8 Å². The Bertz CT molecular complexity index is 1260. The molecule has 0 fully saturated rings. The number of nitrogens with one attached hydrogen (secondary N) is 1. The number of fused-ring (bicyclic) bond motifs is 4. The number of benzene rings is 2. The Morgan fingerprint density at radius 2 is 2.03 bits per heavy atom. The number of aromatic amines is 1. The molecular weight excluding hydrogens is 428 g/mol. The minimum Gasteiger partial charge on any atom is -0.454 e. The molecular formula is C20H16ClN4O4S+. The molecule has 1 aromatic heterocycles. The van der Waals surface area contributed by atoms with Gasteiger partial charge in [-0.1, -0.05) is 35.5 Å². The summed E-state index contributed by atoms with van der Waals surface area (Å²) < 4.78 is 12.5. The van der Waals surface area contributed by atoms with E-state index in [1.54, 1.807) is 33.8 Å². The summed E-state index contributed by atoms with van der Waals surface area (Å²) >= 11 is 7.91. The van der Waals surface area contributed by atoms with E-state index in [4.69, 9.17) is 21.1 Å². The zero-order chi connectivity index (χ0) is 21.0. The number of rotatable bonds is 2. The van der Waals surface area contributed by atoms with E-state index < -0.39 is 6.17 Å². The van der Waals surface area contributed by atoms with Crippen LogP contribution >= 0.6 is 23.4 Å². The van der Waals surface area contributed by atoms with Crippen LogP contribution in [0.5, 0.6) is 11.5 Å². The van der Waals surface area contributed by atoms with Crippen LogP contribution in [0.3, 0.4) is 0 Å². The molecule has 3 aromatic rings. The normalized spacial score (nSPS) is 16.2. The summed E-state index contributed by atoms with van der Waals surface area (Å²) in [6.07, 6.45) is 1.04. The number of ether oxygens (including phenoxy) is 2. The maximum atomic E-state index is 13.0. The third-order valence-corrected chi connectivity index (χ3v) is 5.96. The van der Waals surface area contributed by atoms with E-state index in [0.717, 1.165) is 0 Å². The minimum atomic E-state index is -0.775. The summed E-state index contributed by atoms with van der Waals surface area (Å²) in [5.74, 6) is 0.837. The quantitative estimate of drug-likeness (QED) is 0.484. The lowest BCUT2D eigenvalue weighted by atomic mass is 10.0. The second kappa shape index (κ2) is 7.03. The van der Waals surface area contributed by atoms with Crippen LogP contribution in [0.4, 0.5) is 5.69 Å². The molecule has 0 unspecified atom stereocenters. The van der Waals surface area contributed by atoms with Crippen LogP contribution < -0.4 is 24.6 Å². The van der Waals surface area contributed by atoms with Gasteiger partial charge >= 0.3 is 11.3 Å².